The summed E-state index contributed by atoms with van der Waals surface area (Å²) in [7, 11) is 2.05. The summed E-state index contributed by atoms with van der Waals surface area (Å²) in [5.74, 6) is 0. The monoisotopic (exact) mass is 200 g/mol. The highest BCUT2D eigenvalue weighted by Crippen LogP contribution is 2.19. The largest absolute Gasteiger partial charge is 0.387 e. The Labute approximate surface area is 85.2 Å². The predicted octanol–water partition coefficient (Wildman–Crippen LogP) is -0.568. The Bertz CT molecular complexity index is 195. The number of ether oxygens (including phenoxy) is 1. The normalized spacial score (nSPS) is 39.4. The van der Waals surface area contributed by atoms with Crippen molar-refractivity contribution in [1.29, 1.82) is 0 Å². The Morgan fingerprint density at radius 3 is 3.07 bits per heavy atom. The van der Waals surface area contributed by atoms with Gasteiger partial charge in [-0.25, -0.2) is 0 Å². The highest BCUT2D eigenvalue weighted by Gasteiger charge is 2.34. The van der Waals surface area contributed by atoms with E-state index in [4.69, 9.17) is 4.74 Å². The second-order valence-corrected chi connectivity index (χ2v) is 4.65. The van der Waals surface area contributed by atoms with E-state index in [0.29, 0.717) is 12.6 Å². The minimum absolute atomic E-state index is 0.449. The number of rotatable bonds is 3. The summed E-state index contributed by atoms with van der Waals surface area (Å²) in [6.45, 7) is 4.14. The standard InChI is InChI=1S/C10H20N2O2/c1-12-4-3-10(13,8-12)7-11-9-2-5-14-6-9/h9,11,13H,2-8H2,1H3. The molecular formula is C10H20N2O2. The second kappa shape index (κ2) is 4.14. The summed E-state index contributed by atoms with van der Waals surface area (Å²) in [4.78, 5) is 2.17. The summed E-state index contributed by atoms with van der Waals surface area (Å²) in [6.07, 6.45) is 1.95. The lowest BCUT2D eigenvalue weighted by Crippen LogP contribution is -2.46. The highest BCUT2D eigenvalue weighted by molar-refractivity contribution is 4.91. The number of nitrogens with zero attached hydrogens (tertiary/aromatic N) is 1. The molecule has 0 aliphatic carbocycles. The van der Waals surface area contributed by atoms with Crippen LogP contribution in [0.1, 0.15) is 12.8 Å². The molecule has 2 fully saturated rings. The van der Waals surface area contributed by atoms with Crippen LogP contribution in [0.2, 0.25) is 0 Å². The molecule has 2 N–H and O–H groups in total. The minimum atomic E-state index is -0.517. The molecule has 2 atom stereocenters. The molecule has 0 aromatic rings. The van der Waals surface area contributed by atoms with Gasteiger partial charge in [0, 0.05) is 32.3 Å². The molecule has 2 aliphatic heterocycles. The smallest absolute Gasteiger partial charge is 0.0909 e. The molecule has 2 saturated heterocycles. The Balaban J connectivity index is 1.73. The second-order valence-electron chi connectivity index (χ2n) is 4.65. The average Bonchev–Trinajstić information content (AvgIpc) is 2.73. The number of likely N-dealkylation sites (tertiary alicyclic amines) is 1. The van der Waals surface area contributed by atoms with Crippen LogP contribution in [0.25, 0.3) is 0 Å². The van der Waals surface area contributed by atoms with Gasteiger partial charge in [-0.2, -0.15) is 0 Å². The first-order valence-electron chi connectivity index (χ1n) is 5.40. The van der Waals surface area contributed by atoms with E-state index in [9.17, 15) is 5.11 Å². The summed E-state index contributed by atoms with van der Waals surface area (Å²) in [6, 6.07) is 0.449. The lowest BCUT2D eigenvalue weighted by atomic mass is 10.0. The van der Waals surface area contributed by atoms with Crippen molar-refractivity contribution in [3.8, 4) is 0 Å². The number of hydrogen-bond donors (Lipinski definition) is 2. The van der Waals surface area contributed by atoms with Gasteiger partial charge >= 0.3 is 0 Å². The zero-order valence-electron chi connectivity index (χ0n) is 8.83. The maximum absolute atomic E-state index is 10.2. The quantitative estimate of drug-likeness (QED) is 0.640. The summed E-state index contributed by atoms with van der Waals surface area (Å²) >= 11 is 0. The molecule has 2 rings (SSSR count). The van der Waals surface area contributed by atoms with E-state index >= 15 is 0 Å². The maximum Gasteiger partial charge on any atom is 0.0909 e. The molecule has 0 saturated carbocycles. The Morgan fingerprint density at radius 1 is 1.64 bits per heavy atom. The van der Waals surface area contributed by atoms with Crippen LogP contribution in [0.15, 0.2) is 0 Å². The summed E-state index contributed by atoms with van der Waals surface area (Å²) < 4.78 is 5.27. The lowest BCUT2D eigenvalue weighted by molar-refractivity contribution is 0.0484. The highest BCUT2D eigenvalue weighted by atomic mass is 16.5. The van der Waals surface area contributed by atoms with Gasteiger partial charge in [-0.05, 0) is 19.9 Å². The molecule has 0 amide bonds. The van der Waals surface area contributed by atoms with Crippen molar-refractivity contribution in [3.05, 3.63) is 0 Å². The van der Waals surface area contributed by atoms with Gasteiger partial charge in [0.2, 0.25) is 0 Å². The van der Waals surface area contributed by atoms with E-state index in [-0.39, 0.29) is 0 Å². The van der Waals surface area contributed by atoms with Crippen LogP contribution in [0.3, 0.4) is 0 Å². The van der Waals surface area contributed by atoms with E-state index in [1.807, 2.05) is 0 Å². The third kappa shape index (κ3) is 2.45. The maximum atomic E-state index is 10.2. The molecule has 14 heavy (non-hydrogen) atoms. The fourth-order valence-electron chi connectivity index (χ4n) is 2.23. The number of likely N-dealkylation sites (N-methyl/N-ethyl adjacent to an activating group) is 1. The van der Waals surface area contributed by atoms with Crippen molar-refractivity contribution in [1.82, 2.24) is 10.2 Å². The third-order valence-corrected chi connectivity index (χ3v) is 3.17. The Kier molecular flexibility index (Phi) is 3.07. The zero-order chi connectivity index (χ0) is 10.0. The molecule has 0 spiro atoms. The zero-order valence-corrected chi connectivity index (χ0v) is 8.83. The molecule has 0 aromatic carbocycles. The van der Waals surface area contributed by atoms with E-state index in [0.717, 1.165) is 39.1 Å². The topological polar surface area (TPSA) is 44.7 Å². The van der Waals surface area contributed by atoms with Crippen LogP contribution < -0.4 is 5.32 Å². The van der Waals surface area contributed by atoms with Crippen LogP contribution in [0, 0.1) is 0 Å². The first-order chi connectivity index (χ1) is 6.68. The van der Waals surface area contributed by atoms with Gasteiger partial charge in [-0.15, -0.1) is 0 Å². The Hall–Kier alpha value is -0.160. The molecular weight excluding hydrogens is 180 g/mol. The first kappa shape index (κ1) is 10.4. The van der Waals surface area contributed by atoms with Gasteiger partial charge < -0.3 is 20.1 Å². The van der Waals surface area contributed by atoms with Crippen molar-refractivity contribution in [2.24, 2.45) is 0 Å². The van der Waals surface area contributed by atoms with Crippen LogP contribution >= 0.6 is 0 Å². The predicted molar refractivity (Wildman–Crippen MR) is 54.3 cm³/mol. The number of nitrogens with one attached hydrogen (secondary N) is 1. The van der Waals surface area contributed by atoms with Gasteiger partial charge in [0.05, 0.1) is 12.2 Å². The SMILES string of the molecule is CN1CCC(O)(CNC2CCOC2)C1. The van der Waals surface area contributed by atoms with Gasteiger partial charge in [-0.3, -0.25) is 0 Å². The molecule has 2 heterocycles. The van der Waals surface area contributed by atoms with Gasteiger partial charge in [0.15, 0.2) is 0 Å². The summed E-state index contributed by atoms with van der Waals surface area (Å²) in [5.41, 5.74) is -0.517. The van der Waals surface area contributed by atoms with E-state index in [2.05, 4.69) is 17.3 Å². The summed E-state index contributed by atoms with van der Waals surface area (Å²) in [5, 5.41) is 13.6. The van der Waals surface area contributed by atoms with Gasteiger partial charge in [-0.1, -0.05) is 0 Å². The van der Waals surface area contributed by atoms with Gasteiger partial charge in [0.25, 0.3) is 0 Å². The van der Waals surface area contributed by atoms with Gasteiger partial charge in [0.1, 0.15) is 0 Å². The van der Waals surface area contributed by atoms with Crippen molar-refractivity contribution in [2.75, 3.05) is 39.9 Å². The number of aliphatic hydroxyl groups is 1. The minimum Gasteiger partial charge on any atom is -0.387 e. The number of β-amino-alcohol motifs (C(OH)–C–C–N with tert-alkyl or cyclic N) is 1. The van der Waals surface area contributed by atoms with Crippen LogP contribution in [-0.2, 0) is 4.74 Å². The van der Waals surface area contributed by atoms with Crippen molar-refractivity contribution < 1.29 is 9.84 Å². The molecule has 4 heteroatoms. The molecule has 4 nitrogen and oxygen atoms in total. The first-order valence-corrected chi connectivity index (χ1v) is 5.40. The van der Waals surface area contributed by atoms with Crippen molar-refractivity contribution in [2.45, 2.75) is 24.5 Å². The van der Waals surface area contributed by atoms with E-state index < -0.39 is 5.60 Å². The molecule has 0 radical (unpaired) electrons. The lowest BCUT2D eigenvalue weighted by Gasteiger charge is -2.24. The van der Waals surface area contributed by atoms with E-state index in [1.54, 1.807) is 0 Å². The molecule has 2 unspecified atom stereocenters. The molecule has 82 valence electrons. The Morgan fingerprint density at radius 2 is 2.50 bits per heavy atom. The fourth-order valence-corrected chi connectivity index (χ4v) is 2.23. The van der Waals surface area contributed by atoms with Crippen LogP contribution in [-0.4, -0.2) is 61.5 Å². The number of hydrogen-bond acceptors (Lipinski definition) is 4. The fraction of sp³-hybridized carbons (Fsp3) is 1.00. The van der Waals surface area contributed by atoms with Crippen LogP contribution in [0.4, 0.5) is 0 Å². The van der Waals surface area contributed by atoms with E-state index in [1.165, 1.54) is 0 Å². The molecule has 2 aliphatic rings. The van der Waals surface area contributed by atoms with Crippen molar-refractivity contribution >= 4 is 0 Å². The molecule has 0 aromatic heterocycles. The van der Waals surface area contributed by atoms with Crippen LogP contribution in [0.5, 0.6) is 0 Å². The molecule has 0 bridgehead atoms. The van der Waals surface area contributed by atoms with Crippen molar-refractivity contribution in [3.63, 3.8) is 0 Å². The third-order valence-electron chi connectivity index (χ3n) is 3.17. The average molecular weight is 200 g/mol.